The Kier molecular flexibility index (Phi) is 7.63. The van der Waals surface area contributed by atoms with Gasteiger partial charge in [-0.2, -0.15) is 0 Å². The molecule has 4 aromatic rings. The Labute approximate surface area is 221 Å². The van der Waals surface area contributed by atoms with E-state index >= 15 is 0 Å². The van der Waals surface area contributed by atoms with Crippen molar-refractivity contribution in [1.82, 2.24) is 9.97 Å². The zero-order valence-electron chi connectivity index (χ0n) is 21.1. The second kappa shape index (κ2) is 11.2. The van der Waals surface area contributed by atoms with Crippen LogP contribution in [0.25, 0.3) is 10.9 Å². The Hall–Kier alpha value is -3.55. The highest BCUT2D eigenvalue weighted by molar-refractivity contribution is 6.32. The maximum atomic E-state index is 6.58. The number of halogens is 1. The van der Waals surface area contributed by atoms with Gasteiger partial charge >= 0.3 is 0 Å². The van der Waals surface area contributed by atoms with Gasteiger partial charge in [-0.3, -0.25) is 9.97 Å². The molecule has 3 N–H and O–H groups in total. The molecule has 7 nitrogen and oxygen atoms in total. The summed E-state index contributed by atoms with van der Waals surface area (Å²) in [6.45, 7) is 6.43. The topological polar surface area (TPSA) is 91.5 Å². The van der Waals surface area contributed by atoms with Gasteiger partial charge in [0.2, 0.25) is 0 Å². The van der Waals surface area contributed by atoms with E-state index in [1.54, 1.807) is 0 Å². The predicted molar refractivity (Wildman–Crippen MR) is 148 cm³/mol. The number of nitrogen functional groups attached to an aromatic ring is 1. The van der Waals surface area contributed by atoms with E-state index in [-0.39, 0.29) is 0 Å². The zero-order valence-corrected chi connectivity index (χ0v) is 21.8. The maximum absolute atomic E-state index is 6.58. The van der Waals surface area contributed by atoms with Gasteiger partial charge in [0.15, 0.2) is 0 Å². The normalized spacial score (nSPS) is 14.0. The lowest BCUT2D eigenvalue weighted by atomic mass is 9.96. The zero-order chi connectivity index (χ0) is 25.8. The molecule has 0 atom stereocenters. The number of rotatable bonds is 8. The molecule has 8 heteroatoms. The highest BCUT2D eigenvalue weighted by atomic mass is 35.5. The molecule has 0 bridgehead atoms. The minimum atomic E-state index is 0.392. The van der Waals surface area contributed by atoms with Gasteiger partial charge in [0.25, 0.3) is 0 Å². The molecule has 0 amide bonds. The third-order valence-electron chi connectivity index (χ3n) is 6.46. The molecule has 0 saturated carbocycles. The van der Waals surface area contributed by atoms with Gasteiger partial charge in [0, 0.05) is 65.1 Å². The molecule has 0 radical (unpaired) electrons. The first-order valence-corrected chi connectivity index (χ1v) is 12.9. The first kappa shape index (κ1) is 25.1. The van der Waals surface area contributed by atoms with Crippen LogP contribution in [-0.2, 0) is 11.3 Å². The van der Waals surface area contributed by atoms with Crippen LogP contribution in [0.4, 0.5) is 17.1 Å². The molecule has 1 fully saturated rings. The molecule has 5 rings (SSSR count). The Morgan fingerprint density at radius 1 is 1.05 bits per heavy atom. The fraction of sp³-hybridized carbons (Fsp3) is 0.310. The quantitative estimate of drug-likeness (QED) is 0.248. The third kappa shape index (κ3) is 5.89. The summed E-state index contributed by atoms with van der Waals surface area (Å²) in [4.78, 5) is 9.30. The monoisotopic (exact) mass is 518 g/mol. The molecule has 2 aromatic heterocycles. The van der Waals surface area contributed by atoms with Gasteiger partial charge in [-0.25, -0.2) is 0 Å². The van der Waals surface area contributed by atoms with Crippen LogP contribution in [0.2, 0.25) is 5.02 Å². The summed E-state index contributed by atoms with van der Waals surface area (Å²) in [5.41, 5.74) is 12.3. The van der Waals surface area contributed by atoms with Crippen molar-refractivity contribution in [3.63, 3.8) is 0 Å². The van der Waals surface area contributed by atoms with Crippen LogP contribution < -0.4 is 20.5 Å². The lowest BCUT2D eigenvalue weighted by molar-refractivity contribution is 0.0845. The molecular formula is C29H31ClN4O3. The van der Waals surface area contributed by atoms with Gasteiger partial charge in [-0.1, -0.05) is 17.7 Å². The Balaban J connectivity index is 1.28. The van der Waals surface area contributed by atoms with Gasteiger partial charge in [0.05, 0.1) is 22.8 Å². The Morgan fingerprint density at radius 2 is 1.89 bits per heavy atom. The van der Waals surface area contributed by atoms with Gasteiger partial charge in [0.1, 0.15) is 18.1 Å². The van der Waals surface area contributed by atoms with E-state index in [0.29, 0.717) is 41.3 Å². The number of pyridine rings is 2. The molecule has 3 heterocycles. The maximum Gasteiger partial charge on any atom is 0.144 e. The van der Waals surface area contributed by atoms with Crippen molar-refractivity contribution in [2.45, 2.75) is 39.2 Å². The minimum absolute atomic E-state index is 0.392. The Bertz CT molecular complexity index is 1390. The number of hydrogen-bond acceptors (Lipinski definition) is 7. The van der Waals surface area contributed by atoms with Crippen molar-refractivity contribution in [3.05, 3.63) is 76.7 Å². The molecule has 0 unspecified atom stereocenters. The predicted octanol–water partition coefficient (Wildman–Crippen LogP) is 6.79. The first-order valence-electron chi connectivity index (χ1n) is 12.6. The SMILES string of the molecule is CCOc1cc2nc(C)cc(Nc3ccc(OCc4ccc(C5CCOCC5)nc4)c(Cl)c3)c2cc1N. The van der Waals surface area contributed by atoms with Crippen LogP contribution in [-0.4, -0.2) is 29.8 Å². The van der Waals surface area contributed by atoms with Gasteiger partial charge in [-0.05, 0) is 63.1 Å². The largest absolute Gasteiger partial charge is 0.492 e. The summed E-state index contributed by atoms with van der Waals surface area (Å²) in [5.74, 6) is 1.72. The molecule has 1 saturated heterocycles. The number of anilines is 3. The highest BCUT2D eigenvalue weighted by Gasteiger charge is 2.17. The number of aromatic nitrogens is 2. The molecule has 0 aliphatic carbocycles. The summed E-state index contributed by atoms with van der Waals surface area (Å²) in [6.07, 6.45) is 3.93. The fourth-order valence-electron chi connectivity index (χ4n) is 4.56. The number of hydrogen-bond donors (Lipinski definition) is 2. The highest BCUT2D eigenvalue weighted by Crippen LogP contribution is 2.35. The molecule has 1 aliphatic heterocycles. The van der Waals surface area contributed by atoms with Crippen LogP contribution in [0.5, 0.6) is 11.5 Å². The van der Waals surface area contributed by atoms with Crippen molar-refractivity contribution in [3.8, 4) is 11.5 Å². The lowest BCUT2D eigenvalue weighted by Crippen LogP contribution is -2.15. The fourth-order valence-corrected chi connectivity index (χ4v) is 4.79. The summed E-state index contributed by atoms with van der Waals surface area (Å²) >= 11 is 6.58. The summed E-state index contributed by atoms with van der Waals surface area (Å²) < 4.78 is 17.1. The average Bonchev–Trinajstić information content (AvgIpc) is 2.90. The van der Waals surface area contributed by atoms with Crippen molar-refractivity contribution >= 4 is 39.6 Å². The van der Waals surface area contributed by atoms with Crippen LogP contribution in [0.1, 0.15) is 42.6 Å². The molecular weight excluding hydrogens is 488 g/mol. The lowest BCUT2D eigenvalue weighted by Gasteiger charge is -2.21. The molecule has 37 heavy (non-hydrogen) atoms. The van der Waals surface area contributed by atoms with Crippen molar-refractivity contribution in [2.24, 2.45) is 0 Å². The van der Waals surface area contributed by atoms with E-state index in [1.165, 1.54) is 0 Å². The summed E-state index contributed by atoms with van der Waals surface area (Å²) in [5, 5.41) is 4.87. The van der Waals surface area contributed by atoms with E-state index in [9.17, 15) is 0 Å². The standard InChI is InChI=1S/C29H31ClN4O3/c1-3-36-29-15-27-22(14-24(29)31)26(12-18(2)33-27)34-21-5-7-28(23(30)13-21)37-17-19-4-6-25(32-16-19)20-8-10-35-11-9-20/h4-7,12-16,20H,3,8-11,17,31H2,1-2H3,(H,33,34). The third-order valence-corrected chi connectivity index (χ3v) is 6.76. The second-order valence-corrected chi connectivity index (χ2v) is 9.60. The molecule has 2 aromatic carbocycles. The number of aryl methyl sites for hydroxylation is 1. The summed E-state index contributed by atoms with van der Waals surface area (Å²) in [6, 6.07) is 15.6. The minimum Gasteiger partial charge on any atom is -0.492 e. The second-order valence-electron chi connectivity index (χ2n) is 9.19. The molecule has 1 aliphatic rings. The van der Waals surface area contributed by atoms with Crippen LogP contribution in [0.15, 0.2) is 54.7 Å². The van der Waals surface area contributed by atoms with Crippen molar-refractivity contribution < 1.29 is 14.2 Å². The Morgan fingerprint density at radius 3 is 2.62 bits per heavy atom. The van der Waals surface area contributed by atoms with E-state index < -0.39 is 0 Å². The van der Waals surface area contributed by atoms with E-state index in [2.05, 4.69) is 27.4 Å². The van der Waals surface area contributed by atoms with Gasteiger partial charge < -0.3 is 25.3 Å². The number of ether oxygens (including phenoxy) is 3. The summed E-state index contributed by atoms with van der Waals surface area (Å²) in [7, 11) is 0. The number of nitrogens with one attached hydrogen (secondary N) is 1. The molecule has 192 valence electrons. The van der Waals surface area contributed by atoms with E-state index in [0.717, 1.165) is 65.3 Å². The van der Waals surface area contributed by atoms with Crippen LogP contribution in [0, 0.1) is 6.92 Å². The number of fused-ring (bicyclic) bond motifs is 1. The smallest absolute Gasteiger partial charge is 0.144 e. The number of nitrogens with two attached hydrogens (primary N) is 1. The van der Waals surface area contributed by atoms with Crippen LogP contribution >= 0.6 is 11.6 Å². The van der Waals surface area contributed by atoms with E-state index in [4.69, 9.17) is 31.5 Å². The van der Waals surface area contributed by atoms with Gasteiger partial charge in [-0.15, -0.1) is 0 Å². The average molecular weight is 519 g/mol. The molecule has 0 spiro atoms. The first-order chi connectivity index (χ1) is 18.0. The van der Waals surface area contributed by atoms with Crippen LogP contribution in [0.3, 0.4) is 0 Å². The number of benzene rings is 2. The number of nitrogens with zero attached hydrogens (tertiary/aromatic N) is 2. The van der Waals surface area contributed by atoms with Crippen molar-refractivity contribution in [2.75, 3.05) is 30.9 Å². The van der Waals surface area contributed by atoms with E-state index in [1.807, 2.05) is 56.4 Å². The van der Waals surface area contributed by atoms with Crippen molar-refractivity contribution in [1.29, 1.82) is 0 Å².